The Balaban J connectivity index is 1.83. The maximum atomic E-state index is 6.10. The average molecular weight is 387 g/mol. The molecule has 0 saturated heterocycles. The van der Waals surface area contributed by atoms with Crippen molar-refractivity contribution in [3.63, 3.8) is 0 Å². The Labute approximate surface area is 169 Å². The minimum absolute atomic E-state index is 0.0975. The van der Waals surface area contributed by atoms with E-state index in [-0.39, 0.29) is 11.5 Å². The van der Waals surface area contributed by atoms with Crippen LogP contribution in [0.3, 0.4) is 0 Å². The van der Waals surface area contributed by atoms with Crippen molar-refractivity contribution in [3.8, 4) is 0 Å². The number of rotatable bonds is 4. The van der Waals surface area contributed by atoms with Crippen molar-refractivity contribution in [1.29, 1.82) is 0 Å². The Hall–Kier alpha value is -2.44. The maximum Gasteiger partial charge on any atom is 0.217 e. The van der Waals surface area contributed by atoms with E-state index in [1.165, 1.54) is 15.9 Å². The van der Waals surface area contributed by atoms with Gasteiger partial charge in [-0.25, -0.2) is 4.99 Å². The van der Waals surface area contributed by atoms with Gasteiger partial charge in [0.15, 0.2) is 0 Å². The first-order valence-corrected chi connectivity index (χ1v) is 11.1. The molecule has 3 aromatic rings. The number of benzene rings is 3. The molecule has 0 aromatic heterocycles. The third-order valence-electron chi connectivity index (χ3n) is 5.05. The standard InChI is InChI=1S/C25H26NOP/c1-25(2,3)23-18-27-24(26-23)21-16-10-11-17-22(21)28(19-12-6-4-7-13-19)20-14-8-5-9-15-20/h4-17,23H,18H2,1-3H3/t23-/m0/s1. The van der Waals surface area contributed by atoms with Gasteiger partial charge in [-0.05, 0) is 35.3 Å². The Bertz CT molecular complexity index is 921. The van der Waals surface area contributed by atoms with Crippen molar-refractivity contribution in [3.05, 3.63) is 90.5 Å². The monoisotopic (exact) mass is 387 g/mol. The summed E-state index contributed by atoms with van der Waals surface area (Å²) in [5, 5.41) is 3.97. The molecule has 0 N–H and O–H groups in total. The lowest BCUT2D eigenvalue weighted by atomic mass is 9.88. The molecule has 0 fully saturated rings. The molecule has 4 rings (SSSR count). The fraction of sp³-hybridized carbons (Fsp3) is 0.240. The van der Waals surface area contributed by atoms with Crippen LogP contribution in [-0.4, -0.2) is 18.5 Å². The average Bonchev–Trinajstić information content (AvgIpc) is 3.21. The highest BCUT2D eigenvalue weighted by atomic mass is 31.1. The van der Waals surface area contributed by atoms with Crippen molar-refractivity contribution in [2.75, 3.05) is 6.61 Å². The number of ether oxygens (including phenoxy) is 1. The second-order valence-corrected chi connectivity index (χ2v) is 10.3. The predicted molar refractivity (Wildman–Crippen MR) is 121 cm³/mol. The topological polar surface area (TPSA) is 21.6 Å². The van der Waals surface area contributed by atoms with E-state index in [1.54, 1.807) is 0 Å². The zero-order valence-corrected chi connectivity index (χ0v) is 17.6. The lowest BCUT2D eigenvalue weighted by molar-refractivity contribution is 0.236. The van der Waals surface area contributed by atoms with E-state index in [0.717, 1.165) is 11.5 Å². The lowest BCUT2D eigenvalue weighted by Crippen LogP contribution is -2.25. The molecule has 1 aliphatic heterocycles. The first-order valence-electron chi connectivity index (χ1n) is 9.74. The van der Waals surface area contributed by atoms with Crippen LogP contribution in [0, 0.1) is 5.41 Å². The molecule has 0 radical (unpaired) electrons. The summed E-state index contributed by atoms with van der Waals surface area (Å²) in [5.74, 6) is 0.787. The minimum Gasteiger partial charge on any atom is -0.475 e. The molecule has 2 nitrogen and oxygen atoms in total. The third kappa shape index (κ3) is 3.88. The van der Waals surface area contributed by atoms with E-state index in [4.69, 9.17) is 9.73 Å². The van der Waals surface area contributed by atoms with Crippen LogP contribution in [0.15, 0.2) is 89.9 Å². The largest absolute Gasteiger partial charge is 0.475 e. The molecule has 0 aliphatic carbocycles. The SMILES string of the molecule is CC(C)(C)[C@@H]1COC(c2ccccc2P(c2ccccc2)c2ccccc2)=N1. The van der Waals surface area contributed by atoms with Crippen LogP contribution in [0.2, 0.25) is 0 Å². The Morgan fingerprint density at radius 2 is 1.32 bits per heavy atom. The van der Waals surface area contributed by atoms with Crippen molar-refractivity contribution in [2.45, 2.75) is 26.8 Å². The predicted octanol–water partition coefficient (Wildman–Crippen LogP) is 4.64. The zero-order chi connectivity index (χ0) is 19.6. The normalized spacial score (nSPS) is 16.7. The quantitative estimate of drug-likeness (QED) is 0.598. The van der Waals surface area contributed by atoms with E-state index < -0.39 is 7.92 Å². The van der Waals surface area contributed by atoms with Crippen LogP contribution < -0.4 is 15.9 Å². The Morgan fingerprint density at radius 1 is 0.786 bits per heavy atom. The summed E-state index contributed by atoms with van der Waals surface area (Å²) < 4.78 is 6.10. The molecule has 0 bridgehead atoms. The van der Waals surface area contributed by atoms with Crippen LogP contribution in [0.1, 0.15) is 26.3 Å². The molecule has 1 atom stereocenters. The van der Waals surface area contributed by atoms with Gasteiger partial charge < -0.3 is 4.74 Å². The lowest BCUT2D eigenvalue weighted by Gasteiger charge is -2.22. The highest BCUT2D eigenvalue weighted by Gasteiger charge is 2.32. The zero-order valence-electron chi connectivity index (χ0n) is 16.7. The van der Waals surface area contributed by atoms with Crippen molar-refractivity contribution >= 4 is 29.7 Å². The molecular formula is C25H26NOP. The van der Waals surface area contributed by atoms with Crippen LogP contribution in [0.4, 0.5) is 0 Å². The van der Waals surface area contributed by atoms with Crippen molar-refractivity contribution in [2.24, 2.45) is 10.4 Å². The van der Waals surface area contributed by atoms with E-state index in [0.29, 0.717) is 6.61 Å². The number of nitrogens with zero attached hydrogens (tertiary/aromatic N) is 1. The smallest absolute Gasteiger partial charge is 0.217 e. The highest BCUT2D eigenvalue weighted by molar-refractivity contribution is 7.80. The van der Waals surface area contributed by atoms with E-state index in [1.807, 2.05) is 0 Å². The van der Waals surface area contributed by atoms with Gasteiger partial charge in [-0.3, -0.25) is 0 Å². The van der Waals surface area contributed by atoms with Gasteiger partial charge in [0.2, 0.25) is 5.90 Å². The van der Waals surface area contributed by atoms with Crippen LogP contribution in [-0.2, 0) is 4.74 Å². The summed E-state index contributed by atoms with van der Waals surface area (Å²) in [6.07, 6.45) is 0. The Morgan fingerprint density at radius 3 is 1.86 bits per heavy atom. The third-order valence-corrected chi connectivity index (χ3v) is 7.56. The maximum absolute atomic E-state index is 6.10. The van der Waals surface area contributed by atoms with Crippen LogP contribution in [0.5, 0.6) is 0 Å². The molecule has 3 aromatic carbocycles. The number of hydrogen-bond acceptors (Lipinski definition) is 2. The fourth-order valence-electron chi connectivity index (χ4n) is 3.40. The van der Waals surface area contributed by atoms with Gasteiger partial charge in [-0.15, -0.1) is 0 Å². The summed E-state index contributed by atoms with van der Waals surface area (Å²) >= 11 is 0. The first kappa shape index (κ1) is 18.9. The van der Waals surface area contributed by atoms with E-state index in [2.05, 4.69) is 106 Å². The van der Waals surface area contributed by atoms with Gasteiger partial charge in [-0.1, -0.05) is 99.6 Å². The second-order valence-electron chi connectivity index (χ2n) is 8.15. The van der Waals surface area contributed by atoms with E-state index >= 15 is 0 Å². The second kappa shape index (κ2) is 7.89. The fourth-order valence-corrected chi connectivity index (χ4v) is 5.84. The number of aliphatic imine (C=N–C) groups is 1. The van der Waals surface area contributed by atoms with Crippen molar-refractivity contribution < 1.29 is 4.74 Å². The molecule has 0 spiro atoms. The Kier molecular flexibility index (Phi) is 5.33. The van der Waals surface area contributed by atoms with Crippen molar-refractivity contribution in [1.82, 2.24) is 0 Å². The van der Waals surface area contributed by atoms with Crippen LogP contribution in [0.25, 0.3) is 0 Å². The first-order chi connectivity index (χ1) is 13.5. The summed E-state index contributed by atoms with van der Waals surface area (Å²) in [6, 6.07) is 30.3. The highest BCUT2D eigenvalue weighted by Crippen LogP contribution is 2.35. The van der Waals surface area contributed by atoms with E-state index in [9.17, 15) is 0 Å². The van der Waals surface area contributed by atoms with Gasteiger partial charge in [0.1, 0.15) is 6.61 Å². The van der Waals surface area contributed by atoms with Gasteiger partial charge in [0, 0.05) is 5.56 Å². The molecule has 1 aliphatic rings. The number of hydrogen-bond donors (Lipinski definition) is 0. The summed E-state index contributed by atoms with van der Waals surface area (Å²) in [5.41, 5.74) is 1.22. The molecule has 0 unspecified atom stereocenters. The van der Waals surface area contributed by atoms with Gasteiger partial charge in [0.05, 0.1) is 6.04 Å². The van der Waals surface area contributed by atoms with Crippen LogP contribution >= 0.6 is 7.92 Å². The summed E-state index contributed by atoms with van der Waals surface area (Å²) in [4.78, 5) is 4.96. The molecule has 28 heavy (non-hydrogen) atoms. The molecule has 142 valence electrons. The van der Waals surface area contributed by atoms with Gasteiger partial charge in [0.25, 0.3) is 0 Å². The van der Waals surface area contributed by atoms with Gasteiger partial charge in [-0.2, -0.15) is 0 Å². The summed E-state index contributed by atoms with van der Waals surface area (Å²) in [7, 11) is -0.686. The molecule has 0 saturated carbocycles. The molecule has 0 amide bonds. The minimum atomic E-state index is -0.686. The summed E-state index contributed by atoms with van der Waals surface area (Å²) in [6.45, 7) is 7.32. The molecule has 3 heteroatoms. The molecular weight excluding hydrogens is 361 g/mol. The molecule has 1 heterocycles. The van der Waals surface area contributed by atoms with Gasteiger partial charge >= 0.3 is 0 Å².